The van der Waals surface area contributed by atoms with Crippen LogP contribution in [0.1, 0.15) is 0 Å². The lowest BCUT2D eigenvalue weighted by atomic mass is 9.90. The van der Waals surface area contributed by atoms with Crippen LogP contribution in [0.2, 0.25) is 0 Å². The molecule has 0 saturated heterocycles. The second-order valence-corrected chi connectivity index (χ2v) is 17.4. The molecule has 14 rings (SSSR count). The van der Waals surface area contributed by atoms with E-state index in [2.05, 4.69) is 203 Å². The van der Waals surface area contributed by atoms with Gasteiger partial charge in [0.1, 0.15) is 11.3 Å². The van der Waals surface area contributed by atoms with E-state index >= 15 is 0 Å². The summed E-state index contributed by atoms with van der Waals surface area (Å²) in [4.78, 5) is 20.8. The fourth-order valence-corrected chi connectivity index (χ4v) is 10.4. The minimum atomic E-state index is 0.605. The molecule has 0 aliphatic rings. The summed E-state index contributed by atoms with van der Waals surface area (Å²) in [6.45, 7) is 0. The monoisotopic (exact) mass is 866 g/mol. The molecule has 0 bridgehead atoms. The summed E-state index contributed by atoms with van der Waals surface area (Å²) in [5.41, 5.74) is 13.4. The fourth-order valence-electron chi connectivity index (χ4n) is 10.4. The Morgan fingerprint density at radius 3 is 1.60 bits per heavy atom. The van der Waals surface area contributed by atoms with Gasteiger partial charge in [-0.15, -0.1) is 0 Å². The number of rotatable bonds is 6. The van der Waals surface area contributed by atoms with Gasteiger partial charge in [-0.1, -0.05) is 170 Å². The van der Waals surface area contributed by atoms with Gasteiger partial charge in [-0.3, -0.25) is 8.97 Å². The highest BCUT2D eigenvalue weighted by molar-refractivity contribution is 6.24. The van der Waals surface area contributed by atoms with Gasteiger partial charge in [0.15, 0.2) is 17.5 Å². The summed E-state index contributed by atoms with van der Waals surface area (Å²) in [7, 11) is 0. The molecular weight excluding hydrogens is 829 g/mol. The summed E-state index contributed by atoms with van der Waals surface area (Å²) in [5, 5.41) is 9.41. The summed E-state index contributed by atoms with van der Waals surface area (Å²) < 4.78 is 4.77. The topological polar surface area (TPSA) is 60.9 Å². The molecule has 0 N–H and O–H groups in total. The van der Waals surface area contributed by atoms with Gasteiger partial charge in [0.2, 0.25) is 0 Å². The Hall–Kier alpha value is -9.26. The van der Waals surface area contributed by atoms with Gasteiger partial charge in [-0.05, 0) is 110 Å². The summed E-state index contributed by atoms with van der Waals surface area (Å²) in [5.74, 6) is 1.85. The van der Waals surface area contributed by atoms with Crippen LogP contribution < -0.4 is 0 Å². The molecule has 0 saturated carbocycles. The Morgan fingerprint density at radius 1 is 0.309 bits per heavy atom. The van der Waals surface area contributed by atoms with Crippen LogP contribution in [0.5, 0.6) is 0 Å². The average Bonchev–Trinajstić information content (AvgIpc) is 3.98. The molecule has 6 nitrogen and oxygen atoms in total. The molecule has 10 aromatic carbocycles. The number of para-hydroxylation sites is 3. The molecule has 68 heavy (non-hydrogen) atoms. The maximum absolute atomic E-state index is 5.27. The fraction of sp³-hybridized carbons (Fsp3) is 0. The van der Waals surface area contributed by atoms with Crippen molar-refractivity contribution in [3.63, 3.8) is 0 Å². The first kappa shape index (κ1) is 38.1. The molecule has 0 aliphatic heterocycles. The van der Waals surface area contributed by atoms with Crippen LogP contribution in [0, 0.1) is 0 Å². The Labute approximate surface area is 390 Å². The maximum Gasteiger partial charge on any atom is 0.164 e. The van der Waals surface area contributed by atoms with Gasteiger partial charge in [0.25, 0.3) is 0 Å². The van der Waals surface area contributed by atoms with E-state index in [1.54, 1.807) is 0 Å². The standard InChI is InChI=1S/C62H38N6/c1-4-18-39(19-5-1)58-64-59(40-20-6-2-7-21-40)66-60(65-58)45-35-43(34-44(36-45)52-38-42-22-10-11-25-47(42)48-26-12-13-27-49(48)52)41-32-33-55-53(37-41)57-50-28-14-15-29-51(50)61-63-54-30-16-17-31-56(54)68(61)62(57)67(55)46-23-8-3-9-24-46/h1-38H. The number of hydrogen-bond acceptors (Lipinski definition) is 4. The van der Waals surface area contributed by atoms with Gasteiger partial charge < -0.3 is 0 Å². The lowest BCUT2D eigenvalue weighted by molar-refractivity contribution is 1.07. The van der Waals surface area contributed by atoms with Crippen molar-refractivity contribution < 1.29 is 0 Å². The van der Waals surface area contributed by atoms with Gasteiger partial charge in [0.05, 0.1) is 16.6 Å². The molecule has 0 aliphatic carbocycles. The largest absolute Gasteiger partial charge is 0.295 e. The van der Waals surface area contributed by atoms with E-state index in [1.807, 2.05) is 36.4 Å². The predicted octanol–water partition coefficient (Wildman–Crippen LogP) is 15.6. The second-order valence-electron chi connectivity index (χ2n) is 17.4. The Kier molecular flexibility index (Phi) is 8.48. The van der Waals surface area contributed by atoms with Crippen molar-refractivity contribution in [1.82, 2.24) is 28.9 Å². The Bertz CT molecular complexity index is 4250. The third-order valence-electron chi connectivity index (χ3n) is 13.5. The van der Waals surface area contributed by atoms with E-state index in [4.69, 9.17) is 19.9 Å². The lowest BCUT2D eigenvalue weighted by Crippen LogP contribution is -2.00. The van der Waals surface area contributed by atoms with E-state index < -0.39 is 0 Å². The number of imidazole rings is 1. The van der Waals surface area contributed by atoms with Crippen LogP contribution in [-0.4, -0.2) is 28.9 Å². The molecule has 0 unspecified atom stereocenters. The van der Waals surface area contributed by atoms with Crippen LogP contribution in [0.15, 0.2) is 231 Å². The van der Waals surface area contributed by atoms with Crippen LogP contribution >= 0.6 is 0 Å². The van der Waals surface area contributed by atoms with E-state index in [9.17, 15) is 0 Å². The third kappa shape index (κ3) is 5.98. The third-order valence-corrected chi connectivity index (χ3v) is 13.5. The van der Waals surface area contributed by atoms with Crippen LogP contribution in [0.4, 0.5) is 0 Å². The van der Waals surface area contributed by atoms with Crippen molar-refractivity contribution in [2.45, 2.75) is 0 Å². The summed E-state index contributed by atoms with van der Waals surface area (Å²) in [6, 6.07) is 81.8. The van der Waals surface area contributed by atoms with Crippen molar-refractivity contribution in [3.05, 3.63) is 231 Å². The molecule has 316 valence electrons. The molecule has 14 aromatic rings. The van der Waals surface area contributed by atoms with E-state index in [0.717, 1.165) is 88.6 Å². The molecule has 4 heterocycles. The Morgan fingerprint density at radius 2 is 0.868 bits per heavy atom. The number of benzene rings is 10. The van der Waals surface area contributed by atoms with Crippen molar-refractivity contribution in [2.75, 3.05) is 0 Å². The molecule has 0 amide bonds. The molecular formula is C62H38N6. The van der Waals surface area contributed by atoms with Crippen LogP contribution in [0.25, 0.3) is 133 Å². The van der Waals surface area contributed by atoms with E-state index in [1.165, 1.54) is 26.9 Å². The molecule has 0 spiro atoms. The number of hydrogen-bond donors (Lipinski definition) is 0. The number of fused-ring (bicyclic) bond motifs is 13. The van der Waals surface area contributed by atoms with E-state index in [-0.39, 0.29) is 0 Å². The van der Waals surface area contributed by atoms with Gasteiger partial charge >= 0.3 is 0 Å². The second kappa shape index (κ2) is 15.2. The first-order valence-electron chi connectivity index (χ1n) is 23.0. The lowest BCUT2D eigenvalue weighted by Gasteiger charge is -2.15. The van der Waals surface area contributed by atoms with Crippen LogP contribution in [-0.2, 0) is 0 Å². The highest BCUT2D eigenvalue weighted by Crippen LogP contribution is 2.43. The maximum atomic E-state index is 5.27. The van der Waals surface area contributed by atoms with Crippen molar-refractivity contribution in [1.29, 1.82) is 0 Å². The van der Waals surface area contributed by atoms with Crippen LogP contribution in [0.3, 0.4) is 0 Å². The van der Waals surface area contributed by atoms with Crippen molar-refractivity contribution >= 4 is 70.9 Å². The van der Waals surface area contributed by atoms with Crippen molar-refractivity contribution in [3.8, 4) is 62.1 Å². The minimum absolute atomic E-state index is 0.605. The highest BCUT2D eigenvalue weighted by atomic mass is 15.1. The number of pyridine rings is 1. The number of aromatic nitrogens is 6. The van der Waals surface area contributed by atoms with Gasteiger partial charge in [-0.2, -0.15) is 0 Å². The van der Waals surface area contributed by atoms with Gasteiger partial charge in [0, 0.05) is 38.5 Å². The highest BCUT2D eigenvalue weighted by Gasteiger charge is 2.23. The first-order chi connectivity index (χ1) is 33.7. The Balaban J connectivity index is 1.08. The zero-order valence-corrected chi connectivity index (χ0v) is 36.6. The average molecular weight is 867 g/mol. The first-order valence-corrected chi connectivity index (χ1v) is 23.0. The predicted molar refractivity (Wildman–Crippen MR) is 280 cm³/mol. The molecule has 0 radical (unpaired) electrons. The SMILES string of the molecule is c1ccc(-c2nc(-c3ccccc3)nc(-c3cc(-c4ccc5c(c4)c4c6ccccc6c6nc7ccccc7n6c4n5-c4ccccc4)cc(-c4cc5ccccc5c5ccccc45)c3)n2)cc1. The normalized spacial score (nSPS) is 11.8. The van der Waals surface area contributed by atoms with Crippen molar-refractivity contribution in [2.24, 2.45) is 0 Å². The molecule has 6 heteroatoms. The summed E-state index contributed by atoms with van der Waals surface area (Å²) in [6.07, 6.45) is 0. The quantitative estimate of drug-likeness (QED) is 0.156. The molecule has 0 atom stereocenters. The summed E-state index contributed by atoms with van der Waals surface area (Å²) >= 11 is 0. The minimum Gasteiger partial charge on any atom is -0.295 e. The number of nitrogens with zero attached hydrogens (tertiary/aromatic N) is 6. The molecule has 4 aromatic heterocycles. The smallest absolute Gasteiger partial charge is 0.164 e. The van der Waals surface area contributed by atoms with E-state index in [0.29, 0.717) is 17.5 Å². The zero-order chi connectivity index (χ0) is 44.7. The van der Waals surface area contributed by atoms with Gasteiger partial charge in [-0.25, -0.2) is 19.9 Å². The molecule has 0 fully saturated rings. The zero-order valence-electron chi connectivity index (χ0n) is 36.6.